The van der Waals surface area contributed by atoms with Gasteiger partial charge in [-0.15, -0.1) is 0 Å². The zero-order valence-electron chi connectivity index (χ0n) is 15.2. The number of nitrogens with one attached hydrogen (secondary N) is 2. The summed E-state index contributed by atoms with van der Waals surface area (Å²) >= 11 is 0. The molecule has 0 bridgehead atoms. The van der Waals surface area contributed by atoms with Crippen LogP contribution in [0.4, 0.5) is 0 Å². The predicted octanol–water partition coefficient (Wildman–Crippen LogP) is 4.09. The summed E-state index contributed by atoms with van der Waals surface area (Å²) in [6, 6.07) is 17.1. The molecule has 0 unspecified atom stereocenters. The molecule has 0 saturated carbocycles. The fraction of sp³-hybridized carbons (Fsp3) is 0.409. The zero-order valence-corrected chi connectivity index (χ0v) is 15.2. The van der Waals surface area contributed by atoms with Gasteiger partial charge in [0.15, 0.2) is 0 Å². The second-order valence-electron chi connectivity index (χ2n) is 7.04. The molecular formula is C22H28N2O. The lowest BCUT2D eigenvalue weighted by Gasteiger charge is -2.20. The Morgan fingerprint density at radius 2 is 1.64 bits per heavy atom. The van der Waals surface area contributed by atoms with Crippen LogP contribution in [0.1, 0.15) is 61.0 Å². The third-order valence-corrected chi connectivity index (χ3v) is 5.12. The van der Waals surface area contributed by atoms with Gasteiger partial charge in [0, 0.05) is 6.04 Å². The molecule has 132 valence electrons. The van der Waals surface area contributed by atoms with Crippen molar-refractivity contribution < 1.29 is 4.79 Å². The van der Waals surface area contributed by atoms with Gasteiger partial charge in [0.05, 0.1) is 12.6 Å². The molecule has 3 rings (SSSR count). The lowest BCUT2D eigenvalue weighted by molar-refractivity contribution is -0.121. The lowest BCUT2D eigenvalue weighted by atomic mass is 9.89. The third kappa shape index (κ3) is 4.70. The summed E-state index contributed by atoms with van der Waals surface area (Å²) in [5.41, 5.74) is 5.33. The Balaban J connectivity index is 1.52. The van der Waals surface area contributed by atoms with Crippen LogP contribution >= 0.6 is 0 Å². The third-order valence-electron chi connectivity index (χ3n) is 5.12. The summed E-state index contributed by atoms with van der Waals surface area (Å²) < 4.78 is 0. The molecule has 0 heterocycles. The van der Waals surface area contributed by atoms with E-state index in [1.165, 1.54) is 47.9 Å². The van der Waals surface area contributed by atoms with Crippen molar-refractivity contribution in [2.75, 3.05) is 6.54 Å². The smallest absolute Gasteiger partial charge is 0.234 e. The minimum atomic E-state index is 0.0352. The highest BCUT2D eigenvalue weighted by Gasteiger charge is 2.14. The van der Waals surface area contributed by atoms with Gasteiger partial charge in [-0.2, -0.15) is 0 Å². The first-order chi connectivity index (χ1) is 12.1. The Kier molecular flexibility index (Phi) is 5.87. The van der Waals surface area contributed by atoms with Gasteiger partial charge < -0.3 is 10.6 Å². The summed E-state index contributed by atoms with van der Waals surface area (Å²) in [6.07, 6.45) is 4.93. The van der Waals surface area contributed by atoms with Crippen LogP contribution in [0.15, 0.2) is 48.5 Å². The van der Waals surface area contributed by atoms with E-state index in [2.05, 4.69) is 54.8 Å². The molecule has 25 heavy (non-hydrogen) atoms. The number of carbonyl (C=O) groups is 1. The number of fused-ring (bicyclic) bond motifs is 1. The maximum atomic E-state index is 12.3. The number of aryl methyl sites for hydroxylation is 2. The molecular weight excluding hydrogens is 308 g/mol. The molecule has 0 aliphatic heterocycles. The van der Waals surface area contributed by atoms with Crippen LogP contribution in [-0.2, 0) is 17.6 Å². The summed E-state index contributed by atoms with van der Waals surface area (Å²) in [6.45, 7) is 4.46. The Morgan fingerprint density at radius 3 is 2.40 bits per heavy atom. The van der Waals surface area contributed by atoms with Gasteiger partial charge in [-0.3, -0.25) is 4.79 Å². The highest BCUT2D eigenvalue weighted by molar-refractivity contribution is 5.78. The Labute approximate surface area is 150 Å². The van der Waals surface area contributed by atoms with E-state index >= 15 is 0 Å². The standard InChI is InChI=1S/C22H28N2O/c1-16(18-8-4-3-5-9-18)23-15-22(25)24-17(2)20-13-12-19-10-6-7-11-21(19)14-20/h3-5,8-9,12-14,16-17,23H,6-7,10-11,15H2,1-2H3,(H,24,25)/t16-,17+/m1/s1. The summed E-state index contributed by atoms with van der Waals surface area (Å²) in [4.78, 5) is 12.3. The van der Waals surface area contributed by atoms with E-state index in [4.69, 9.17) is 0 Å². The Morgan fingerprint density at radius 1 is 0.920 bits per heavy atom. The minimum absolute atomic E-state index is 0.0352. The van der Waals surface area contributed by atoms with Gasteiger partial charge in [-0.25, -0.2) is 0 Å². The predicted molar refractivity (Wildman–Crippen MR) is 103 cm³/mol. The van der Waals surface area contributed by atoms with Crippen molar-refractivity contribution in [3.05, 3.63) is 70.8 Å². The van der Waals surface area contributed by atoms with Crippen molar-refractivity contribution in [2.24, 2.45) is 0 Å². The number of hydrogen-bond acceptors (Lipinski definition) is 2. The topological polar surface area (TPSA) is 41.1 Å². The summed E-state index contributed by atoms with van der Waals surface area (Å²) in [5, 5.41) is 6.40. The van der Waals surface area contributed by atoms with E-state index in [-0.39, 0.29) is 18.0 Å². The first-order valence-electron chi connectivity index (χ1n) is 9.33. The van der Waals surface area contributed by atoms with Crippen molar-refractivity contribution in [1.29, 1.82) is 0 Å². The molecule has 2 aromatic rings. The average molecular weight is 336 g/mol. The monoisotopic (exact) mass is 336 g/mol. The van der Waals surface area contributed by atoms with Gasteiger partial charge in [0.1, 0.15) is 0 Å². The highest BCUT2D eigenvalue weighted by Crippen LogP contribution is 2.24. The largest absolute Gasteiger partial charge is 0.348 e. The van der Waals surface area contributed by atoms with Crippen molar-refractivity contribution >= 4 is 5.91 Å². The normalized spacial score (nSPS) is 15.9. The first kappa shape index (κ1) is 17.7. The summed E-state index contributed by atoms with van der Waals surface area (Å²) in [5.74, 6) is 0.0352. The second-order valence-corrected chi connectivity index (χ2v) is 7.04. The maximum absolute atomic E-state index is 12.3. The quantitative estimate of drug-likeness (QED) is 0.834. The van der Waals surface area contributed by atoms with Crippen molar-refractivity contribution in [3.8, 4) is 0 Å². The number of rotatable bonds is 6. The van der Waals surface area contributed by atoms with Crippen LogP contribution in [0.2, 0.25) is 0 Å². The van der Waals surface area contributed by atoms with Crippen molar-refractivity contribution in [1.82, 2.24) is 10.6 Å². The molecule has 0 spiro atoms. The fourth-order valence-corrected chi connectivity index (χ4v) is 3.50. The van der Waals surface area contributed by atoms with Gasteiger partial charge >= 0.3 is 0 Å². The molecule has 2 aromatic carbocycles. The molecule has 0 saturated heterocycles. The summed E-state index contributed by atoms with van der Waals surface area (Å²) in [7, 11) is 0. The van der Waals surface area contributed by atoms with Crippen LogP contribution < -0.4 is 10.6 Å². The number of amides is 1. The van der Waals surface area contributed by atoms with Gasteiger partial charge in [-0.05, 0) is 61.8 Å². The van der Waals surface area contributed by atoms with E-state index in [1.54, 1.807) is 0 Å². The van der Waals surface area contributed by atoms with Gasteiger partial charge in [-0.1, -0.05) is 48.5 Å². The molecule has 0 radical (unpaired) electrons. The first-order valence-corrected chi connectivity index (χ1v) is 9.33. The number of carbonyl (C=O) groups excluding carboxylic acids is 1. The Bertz CT molecular complexity index is 711. The molecule has 2 N–H and O–H groups in total. The van der Waals surface area contributed by atoms with Crippen LogP contribution in [-0.4, -0.2) is 12.5 Å². The second kappa shape index (κ2) is 8.30. The van der Waals surface area contributed by atoms with Crippen LogP contribution in [0.25, 0.3) is 0 Å². The zero-order chi connectivity index (χ0) is 17.6. The SMILES string of the molecule is C[C@H](NC(=O)CN[C@H](C)c1ccccc1)c1ccc2c(c1)CCCC2. The van der Waals surface area contributed by atoms with E-state index in [1.807, 2.05) is 18.2 Å². The van der Waals surface area contributed by atoms with Crippen molar-refractivity contribution in [3.63, 3.8) is 0 Å². The van der Waals surface area contributed by atoms with Crippen LogP contribution in [0, 0.1) is 0 Å². The van der Waals surface area contributed by atoms with E-state index in [9.17, 15) is 4.79 Å². The molecule has 1 aliphatic carbocycles. The van der Waals surface area contributed by atoms with Crippen LogP contribution in [0.5, 0.6) is 0 Å². The molecule has 0 aromatic heterocycles. The van der Waals surface area contributed by atoms with E-state index in [0.717, 1.165) is 0 Å². The highest BCUT2D eigenvalue weighted by atomic mass is 16.1. The average Bonchev–Trinajstić information content (AvgIpc) is 2.66. The van der Waals surface area contributed by atoms with Crippen molar-refractivity contribution in [2.45, 2.75) is 51.6 Å². The fourth-order valence-electron chi connectivity index (χ4n) is 3.50. The van der Waals surface area contributed by atoms with Gasteiger partial charge in [0.25, 0.3) is 0 Å². The molecule has 1 amide bonds. The van der Waals surface area contributed by atoms with Crippen LogP contribution in [0.3, 0.4) is 0 Å². The molecule has 3 nitrogen and oxygen atoms in total. The van der Waals surface area contributed by atoms with E-state index in [0.29, 0.717) is 6.54 Å². The molecule has 1 aliphatic rings. The Hall–Kier alpha value is -2.13. The van der Waals surface area contributed by atoms with E-state index < -0.39 is 0 Å². The maximum Gasteiger partial charge on any atom is 0.234 e. The molecule has 2 atom stereocenters. The molecule has 3 heteroatoms. The molecule has 0 fully saturated rings. The minimum Gasteiger partial charge on any atom is -0.348 e. The number of hydrogen-bond donors (Lipinski definition) is 2. The number of benzene rings is 2. The van der Waals surface area contributed by atoms with Gasteiger partial charge in [0.2, 0.25) is 5.91 Å². The lowest BCUT2D eigenvalue weighted by Crippen LogP contribution is -2.36.